The Morgan fingerprint density at radius 1 is 1.50 bits per heavy atom. The van der Waals surface area contributed by atoms with E-state index in [4.69, 9.17) is 16.7 Å². The summed E-state index contributed by atoms with van der Waals surface area (Å²) in [6.45, 7) is 0. The molecular formula is C10H8BrClO2. The van der Waals surface area contributed by atoms with Gasteiger partial charge in [0, 0.05) is 9.50 Å². The van der Waals surface area contributed by atoms with Crippen LogP contribution in [0.4, 0.5) is 0 Å². The third-order valence-electron chi connectivity index (χ3n) is 2.61. The SMILES string of the molecule is O=C(O)C1(c2ccc(Cl)cc2Br)CC1. The summed E-state index contributed by atoms with van der Waals surface area (Å²) in [6.07, 6.45) is 1.42. The zero-order valence-electron chi connectivity index (χ0n) is 7.26. The molecular weight excluding hydrogens is 267 g/mol. The van der Waals surface area contributed by atoms with Gasteiger partial charge >= 0.3 is 5.97 Å². The second-order valence-electron chi connectivity index (χ2n) is 3.51. The van der Waals surface area contributed by atoms with Gasteiger partial charge in [-0.25, -0.2) is 0 Å². The van der Waals surface area contributed by atoms with Crippen LogP contribution in [0.15, 0.2) is 22.7 Å². The van der Waals surface area contributed by atoms with Crippen LogP contribution in [0.2, 0.25) is 5.02 Å². The smallest absolute Gasteiger partial charge is 0.314 e. The van der Waals surface area contributed by atoms with Crippen molar-refractivity contribution in [2.24, 2.45) is 0 Å². The number of benzene rings is 1. The van der Waals surface area contributed by atoms with Crippen molar-refractivity contribution in [3.63, 3.8) is 0 Å². The van der Waals surface area contributed by atoms with E-state index in [0.29, 0.717) is 17.9 Å². The predicted molar refractivity (Wildman–Crippen MR) is 57.7 cm³/mol. The Bertz CT molecular complexity index is 399. The van der Waals surface area contributed by atoms with Crippen molar-refractivity contribution < 1.29 is 9.90 Å². The molecule has 1 aromatic carbocycles. The number of carboxylic acid groups (broad SMARTS) is 1. The molecule has 1 fully saturated rings. The van der Waals surface area contributed by atoms with Crippen LogP contribution in [-0.4, -0.2) is 11.1 Å². The van der Waals surface area contributed by atoms with Gasteiger partial charge < -0.3 is 5.11 Å². The Balaban J connectivity index is 2.47. The molecule has 1 N–H and O–H groups in total. The van der Waals surface area contributed by atoms with Crippen LogP contribution < -0.4 is 0 Å². The third kappa shape index (κ3) is 1.44. The summed E-state index contributed by atoms with van der Waals surface area (Å²) in [6, 6.07) is 5.25. The Morgan fingerprint density at radius 2 is 2.14 bits per heavy atom. The predicted octanol–water partition coefficient (Wildman–Crippen LogP) is 3.22. The quantitative estimate of drug-likeness (QED) is 0.900. The first-order valence-electron chi connectivity index (χ1n) is 4.25. The summed E-state index contributed by atoms with van der Waals surface area (Å²) >= 11 is 9.13. The lowest BCUT2D eigenvalue weighted by Crippen LogP contribution is -2.19. The number of aliphatic carboxylic acids is 1. The number of hydrogen-bond acceptors (Lipinski definition) is 1. The maximum atomic E-state index is 11.1. The normalized spacial score (nSPS) is 17.9. The standard InChI is InChI=1S/C10H8BrClO2/c11-8-5-6(12)1-2-7(8)10(3-4-10)9(13)14/h1-2,5H,3-4H2,(H,13,14). The van der Waals surface area contributed by atoms with Crippen LogP contribution >= 0.6 is 27.5 Å². The maximum Gasteiger partial charge on any atom is 0.314 e. The van der Waals surface area contributed by atoms with E-state index in [0.717, 1.165) is 10.0 Å². The number of carboxylic acids is 1. The molecule has 0 unspecified atom stereocenters. The van der Waals surface area contributed by atoms with Crippen LogP contribution in [0, 0.1) is 0 Å². The Labute approximate surface area is 95.0 Å². The molecule has 1 aliphatic carbocycles. The summed E-state index contributed by atoms with van der Waals surface area (Å²) < 4.78 is 0.782. The molecule has 1 aromatic rings. The third-order valence-corrected chi connectivity index (χ3v) is 3.50. The zero-order chi connectivity index (χ0) is 10.3. The van der Waals surface area contributed by atoms with Crippen LogP contribution in [-0.2, 0) is 10.2 Å². The molecule has 1 saturated carbocycles. The molecule has 0 radical (unpaired) electrons. The Morgan fingerprint density at radius 3 is 2.57 bits per heavy atom. The number of hydrogen-bond donors (Lipinski definition) is 1. The second-order valence-corrected chi connectivity index (χ2v) is 4.80. The minimum absolute atomic E-state index is 0.613. The largest absolute Gasteiger partial charge is 0.481 e. The van der Waals surface area contributed by atoms with Gasteiger partial charge in [-0.2, -0.15) is 0 Å². The molecule has 0 amide bonds. The molecule has 1 aliphatic rings. The van der Waals surface area contributed by atoms with Gasteiger partial charge in [-0.15, -0.1) is 0 Å². The fourth-order valence-corrected chi connectivity index (χ4v) is 2.66. The summed E-state index contributed by atoms with van der Waals surface area (Å²) in [5.74, 6) is -0.750. The van der Waals surface area contributed by atoms with E-state index in [9.17, 15) is 4.79 Å². The van der Waals surface area contributed by atoms with Crippen molar-refractivity contribution in [2.75, 3.05) is 0 Å². The molecule has 2 rings (SSSR count). The molecule has 14 heavy (non-hydrogen) atoms. The number of rotatable bonds is 2. The summed E-state index contributed by atoms with van der Waals surface area (Å²) in [4.78, 5) is 11.1. The fourth-order valence-electron chi connectivity index (χ4n) is 1.60. The van der Waals surface area contributed by atoms with Crippen LogP contribution in [0.1, 0.15) is 18.4 Å². The average molecular weight is 276 g/mol. The zero-order valence-corrected chi connectivity index (χ0v) is 9.60. The molecule has 0 aromatic heterocycles. The van der Waals surface area contributed by atoms with E-state index >= 15 is 0 Å². The lowest BCUT2D eigenvalue weighted by Gasteiger charge is -2.12. The Kier molecular flexibility index (Phi) is 2.32. The highest BCUT2D eigenvalue weighted by Gasteiger charge is 2.52. The van der Waals surface area contributed by atoms with Gasteiger partial charge in [0.2, 0.25) is 0 Å². The maximum absolute atomic E-state index is 11.1. The van der Waals surface area contributed by atoms with Gasteiger partial charge in [0.05, 0.1) is 5.41 Å². The average Bonchev–Trinajstić information content (AvgIpc) is 2.84. The number of carbonyl (C=O) groups is 1. The van der Waals surface area contributed by atoms with Crippen molar-refractivity contribution >= 4 is 33.5 Å². The van der Waals surface area contributed by atoms with Crippen molar-refractivity contribution in [1.29, 1.82) is 0 Å². The van der Waals surface area contributed by atoms with Crippen molar-refractivity contribution in [3.05, 3.63) is 33.3 Å². The van der Waals surface area contributed by atoms with Crippen molar-refractivity contribution in [1.82, 2.24) is 0 Å². The van der Waals surface area contributed by atoms with Gasteiger partial charge in [-0.3, -0.25) is 4.79 Å². The first-order valence-corrected chi connectivity index (χ1v) is 5.42. The van der Waals surface area contributed by atoms with Gasteiger partial charge in [-0.1, -0.05) is 33.6 Å². The summed E-state index contributed by atoms with van der Waals surface area (Å²) in [5.41, 5.74) is 0.165. The van der Waals surface area contributed by atoms with E-state index in [1.54, 1.807) is 18.2 Å². The highest BCUT2D eigenvalue weighted by Crippen LogP contribution is 2.50. The van der Waals surface area contributed by atoms with E-state index in [-0.39, 0.29) is 0 Å². The highest BCUT2D eigenvalue weighted by molar-refractivity contribution is 9.10. The topological polar surface area (TPSA) is 37.3 Å². The molecule has 0 bridgehead atoms. The molecule has 4 heteroatoms. The molecule has 0 saturated heterocycles. The van der Waals surface area contributed by atoms with Gasteiger partial charge in [0.1, 0.15) is 0 Å². The summed E-state index contributed by atoms with van der Waals surface area (Å²) in [7, 11) is 0. The van der Waals surface area contributed by atoms with Crippen molar-refractivity contribution in [3.8, 4) is 0 Å². The van der Waals surface area contributed by atoms with Crippen molar-refractivity contribution in [2.45, 2.75) is 18.3 Å². The van der Waals surface area contributed by atoms with E-state index in [2.05, 4.69) is 15.9 Å². The highest BCUT2D eigenvalue weighted by atomic mass is 79.9. The molecule has 74 valence electrons. The molecule has 0 spiro atoms. The minimum Gasteiger partial charge on any atom is -0.481 e. The van der Waals surface area contributed by atoms with Gasteiger partial charge in [0.25, 0.3) is 0 Å². The van der Waals surface area contributed by atoms with E-state index < -0.39 is 11.4 Å². The lowest BCUT2D eigenvalue weighted by atomic mass is 9.96. The van der Waals surface area contributed by atoms with E-state index in [1.165, 1.54) is 0 Å². The van der Waals surface area contributed by atoms with Gasteiger partial charge in [-0.05, 0) is 30.5 Å². The second kappa shape index (κ2) is 3.24. The summed E-state index contributed by atoms with van der Waals surface area (Å²) in [5, 5.41) is 9.71. The first kappa shape index (κ1) is 9.99. The monoisotopic (exact) mass is 274 g/mol. The number of halogens is 2. The first-order chi connectivity index (χ1) is 6.56. The fraction of sp³-hybridized carbons (Fsp3) is 0.300. The molecule has 2 nitrogen and oxygen atoms in total. The molecule has 0 aliphatic heterocycles. The van der Waals surface area contributed by atoms with Crippen LogP contribution in [0.3, 0.4) is 0 Å². The molecule has 0 atom stereocenters. The molecule has 0 heterocycles. The minimum atomic E-state index is -0.750. The van der Waals surface area contributed by atoms with Crippen LogP contribution in [0.25, 0.3) is 0 Å². The lowest BCUT2D eigenvalue weighted by molar-refractivity contribution is -0.140. The Hall–Kier alpha value is -0.540. The van der Waals surface area contributed by atoms with Gasteiger partial charge in [0.15, 0.2) is 0 Å². The van der Waals surface area contributed by atoms with Crippen LogP contribution in [0.5, 0.6) is 0 Å². The van der Waals surface area contributed by atoms with E-state index in [1.807, 2.05) is 0 Å².